The van der Waals surface area contributed by atoms with Crippen molar-refractivity contribution in [1.82, 2.24) is 10.2 Å². The number of likely N-dealkylation sites (N-methyl/N-ethyl adjacent to an activating group) is 1. The van der Waals surface area contributed by atoms with E-state index in [9.17, 15) is 0 Å². The second-order valence-electron chi connectivity index (χ2n) is 4.84. The predicted molar refractivity (Wildman–Crippen MR) is 77.3 cm³/mol. The van der Waals surface area contributed by atoms with Crippen LogP contribution in [0.2, 0.25) is 0 Å². The van der Waals surface area contributed by atoms with Crippen LogP contribution in [-0.4, -0.2) is 45.3 Å². The van der Waals surface area contributed by atoms with Gasteiger partial charge in [0, 0.05) is 18.5 Å². The van der Waals surface area contributed by atoms with Crippen LogP contribution in [0.15, 0.2) is 34.7 Å². The molecule has 0 atom stereocenters. The summed E-state index contributed by atoms with van der Waals surface area (Å²) in [5.74, 6) is 0.967. The van der Waals surface area contributed by atoms with Gasteiger partial charge in [-0.25, -0.2) is 0 Å². The minimum absolute atomic E-state index is 0.730. The maximum absolute atomic E-state index is 5.72. The van der Waals surface area contributed by atoms with Crippen LogP contribution in [0.3, 0.4) is 0 Å². The Labute approximate surface area is 114 Å². The fraction of sp³-hybridized carbons (Fsp3) is 0.467. The van der Waals surface area contributed by atoms with Gasteiger partial charge in [0.05, 0.1) is 19.8 Å². The van der Waals surface area contributed by atoms with E-state index in [1.807, 2.05) is 32.3 Å². The molecule has 19 heavy (non-hydrogen) atoms. The highest BCUT2D eigenvalue weighted by Crippen LogP contribution is 2.18. The third-order valence-corrected chi connectivity index (χ3v) is 2.88. The number of fused-ring (bicyclic) bond motifs is 1. The molecular weight excluding hydrogens is 240 g/mol. The minimum Gasteiger partial charge on any atom is -0.460 e. The fourth-order valence-electron chi connectivity index (χ4n) is 1.83. The van der Waals surface area contributed by atoms with Gasteiger partial charge in [0.1, 0.15) is 11.3 Å². The second-order valence-corrected chi connectivity index (χ2v) is 4.84. The van der Waals surface area contributed by atoms with E-state index in [1.54, 1.807) is 0 Å². The quantitative estimate of drug-likeness (QED) is 0.739. The smallest absolute Gasteiger partial charge is 0.134 e. The molecule has 0 amide bonds. The lowest BCUT2D eigenvalue weighted by atomic mass is 10.2. The number of hydrogen-bond donors (Lipinski definition) is 1. The third-order valence-electron chi connectivity index (χ3n) is 2.88. The Kier molecular flexibility index (Phi) is 5.39. The molecule has 1 aromatic heterocycles. The molecule has 0 fully saturated rings. The SMILES string of the molecule is CN(C)CCOCCNCc1cc2ccccc2o1. The molecule has 1 heterocycles. The summed E-state index contributed by atoms with van der Waals surface area (Å²) in [6.45, 7) is 4.05. The van der Waals surface area contributed by atoms with Crippen molar-refractivity contribution in [2.45, 2.75) is 6.54 Å². The molecule has 4 heteroatoms. The summed E-state index contributed by atoms with van der Waals surface area (Å²) in [6, 6.07) is 10.1. The molecule has 2 aromatic rings. The van der Waals surface area contributed by atoms with Gasteiger partial charge >= 0.3 is 0 Å². The highest BCUT2D eigenvalue weighted by molar-refractivity contribution is 5.77. The van der Waals surface area contributed by atoms with Gasteiger partial charge in [0.2, 0.25) is 0 Å². The lowest BCUT2D eigenvalue weighted by molar-refractivity contribution is 0.119. The number of rotatable bonds is 8. The normalized spacial score (nSPS) is 11.5. The summed E-state index contributed by atoms with van der Waals surface area (Å²) < 4.78 is 11.2. The first kappa shape index (κ1) is 14.1. The molecule has 1 N–H and O–H groups in total. The van der Waals surface area contributed by atoms with E-state index in [2.05, 4.69) is 22.3 Å². The lowest BCUT2D eigenvalue weighted by Gasteiger charge is -2.09. The molecule has 0 aliphatic carbocycles. The number of para-hydroxylation sites is 1. The van der Waals surface area contributed by atoms with E-state index in [1.165, 1.54) is 0 Å². The van der Waals surface area contributed by atoms with Gasteiger partial charge in [-0.05, 0) is 26.2 Å². The molecule has 2 rings (SSSR count). The zero-order valence-electron chi connectivity index (χ0n) is 11.7. The minimum atomic E-state index is 0.730. The van der Waals surface area contributed by atoms with E-state index in [4.69, 9.17) is 9.15 Å². The van der Waals surface area contributed by atoms with Crippen molar-refractivity contribution in [3.05, 3.63) is 36.1 Å². The third kappa shape index (κ3) is 4.67. The van der Waals surface area contributed by atoms with Gasteiger partial charge in [-0.2, -0.15) is 0 Å². The standard InChI is InChI=1S/C15H22N2O2/c1-17(2)8-10-18-9-7-16-12-14-11-13-5-3-4-6-15(13)19-14/h3-6,11,16H,7-10,12H2,1-2H3. The van der Waals surface area contributed by atoms with Crippen LogP contribution < -0.4 is 5.32 Å². The highest BCUT2D eigenvalue weighted by atomic mass is 16.5. The summed E-state index contributed by atoms with van der Waals surface area (Å²) >= 11 is 0. The van der Waals surface area contributed by atoms with E-state index in [-0.39, 0.29) is 0 Å². The maximum Gasteiger partial charge on any atom is 0.134 e. The highest BCUT2D eigenvalue weighted by Gasteiger charge is 2.01. The summed E-state index contributed by atoms with van der Waals surface area (Å²) in [6.07, 6.45) is 0. The van der Waals surface area contributed by atoms with Crippen LogP contribution in [0, 0.1) is 0 Å². The molecule has 1 aromatic carbocycles. The monoisotopic (exact) mass is 262 g/mol. The molecule has 0 bridgehead atoms. The molecule has 4 nitrogen and oxygen atoms in total. The van der Waals surface area contributed by atoms with Gasteiger partial charge in [0.25, 0.3) is 0 Å². The molecule has 0 spiro atoms. The maximum atomic E-state index is 5.72. The Balaban J connectivity index is 1.63. The first-order chi connectivity index (χ1) is 9.25. The summed E-state index contributed by atoms with van der Waals surface area (Å²) in [4.78, 5) is 2.11. The number of nitrogens with one attached hydrogen (secondary N) is 1. The zero-order valence-corrected chi connectivity index (χ0v) is 11.7. The number of furan rings is 1. The van der Waals surface area contributed by atoms with E-state index in [0.717, 1.165) is 49.6 Å². The summed E-state index contributed by atoms with van der Waals surface area (Å²) in [5, 5.41) is 4.47. The number of ether oxygens (including phenoxy) is 1. The van der Waals surface area contributed by atoms with Gasteiger partial charge in [0.15, 0.2) is 0 Å². The zero-order chi connectivity index (χ0) is 13.5. The predicted octanol–water partition coefficient (Wildman–Crippen LogP) is 2.10. The van der Waals surface area contributed by atoms with Gasteiger partial charge in [-0.15, -0.1) is 0 Å². The van der Waals surface area contributed by atoms with Gasteiger partial charge < -0.3 is 19.4 Å². The van der Waals surface area contributed by atoms with Crippen molar-refractivity contribution >= 4 is 11.0 Å². The Bertz CT molecular complexity index is 461. The number of hydrogen-bond acceptors (Lipinski definition) is 4. The Morgan fingerprint density at radius 1 is 1.21 bits per heavy atom. The van der Waals surface area contributed by atoms with E-state index < -0.39 is 0 Å². The molecular formula is C15H22N2O2. The van der Waals surface area contributed by atoms with Crippen LogP contribution >= 0.6 is 0 Å². The molecule has 104 valence electrons. The molecule has 0 saturated carbocycles. The number of nitrogens with zero attached hydrogens (tertiary/aromatic N) is 1. The lowest BCUT2D eigenvalue weighted by Crippen LogP contribution is -2.22. The van der Waals surface area contributed by atoms with Gasteiger partial charge in [-0.1, -0.05) is 18.2 Å². The second kappa shape index (κ2) is 7.28. The van der Waals surface area contributed by atoms with Crippen LogP contribution in [0.25, 0.3) is 11.0 Å². The topological polar surface area (TPSA) is 37.6 Å². The molecule has 0 aliphatic rings. The largest absolute Gasteiger partial charge is 0.460 e. The van der Waals surface area contributed by atoms with Crippen molar-refractivity contribution in [3.8, 4) is 0 Å². The first-order valence-corrected chi connectivity index (χ1v) is 6.66. The summed E-state index contributed by atoms with van der Waals surface area (Å²) in [5.41, 5.74) is 0.946. The Hall–Kier alpha value is -1.36. The average molecular weight is 262 g/mol. The number of benzene rings is 1. The van der Waals surface area contributed by atoms with E-state index >= 15 is 0 Å². The van der Waals surface area contributed by atoms with Crippen molar-refractivity contribution in [2.24, 2.45) is 0 Å². The fourth-order valence-corrected chi connectivity index (χ4v) is 1.83. The van der Waals surface area contributed by atoms with Crippen LogP contribution in [-0.2, 0) is 11.3 Å². The van der Waals surface area contributed by atoms with Crippen LogP contribution in [0.1, 0.15) is 5.76 Å². The van der Waals surface area contributed by atoms with Crippen molar-refractivity contribution in [3.63, 3.8) is 0 Å². The molecule has 0 unspecified atom stereocenters. The Morgan fingerprint density at radius 2 is 2.05 bits per heavy atom. The van der Waals surface area contributed by atoms with E-state index in [0.29, 0.717) is 0 Å². The first-order valence-electron chi connectivity index (χ1n) is 6.66. The molecule has 0 radical (unpaired) electrons. The summed E-state index contributed by atoms with van der Waals surface area (Å²) in [7, 11) is 4.09. The molecule has 0 aliphatic heterocycles. The van der Waals surface area contributed by atoms with Crippen molar-refractivity contribution in [2.75, 3.05) is 40.4 Å². The van der Waals surface area contributed by atoms with Crippen molar-refractivity contribution < 1.29 is 9.15 Å². The Morgan fingerprint density at radius 3 is 2.84 bits per heavy atom. The van der Waals surface area contributed by atoms with Gasteiger partial charge in [-0.3, -0.25) is 0 Å². The molecule has 0 saturated heterocycles. The van der Waals surface area contributed by atoms with Crippen LogP contribution in [0.5, 0.6) is 0 Å². The average Bonchev–Trinajstić information content (AvgIpc) is 2.79. The van der Waals surface area contributed by atoms with Crippen LogP contribution in [0.4, 0.5) is 0 Å². The van der Waals surface area contributed by atoms with Crippen molar-refractivity contribution in [1.29, 1.82) is 0 Å².